The lowest BCUT2D eigenvalue weighted by Crippen LogP contribution is -2.30. The number of carbonyl (C=O) groups is 3. The van der Waals surface area contributed by atoms with E-state index in [1.807, 2.05) is 0 Å². The second-order valence-corrected chi connectivity index (χ2v) is 18.5. The first kappa shape index (κ1) is 59.1. The smallest absolute Gasteiger partial charge is 0.306 e. The fraction of sp³-hybridized carbons (Fsp3) is 0.909. The standard InChI is InChI=1S/C55H104O6/c1-4-7-10-13-16-18-20-22-23-24-25-26-27-28-29-30-31-32-33-35-36-39-42-45-48-54(57)60-51-52(50-59-53(56)47-44-41-38-15-12-9-6-3)61-55(58)49-46-43-40-37-34-21-19-17-14-11-8-5-2/h17,19,52H,4-16,18,20-51H2,1-3H3/b19-17-. The molecule has 0 fully saturated rings. The van der Waals surface area contributed by atoms with Gasteiger partial charge in [0.05, 0.1) is 0 Å². The van der Waals surface area contributed by atoms with Crippen LogP contribution in [0.25, 0.3) is 0 Å². The Labute approximate surface area is 380 Å². The van der Waals surface area contributed by atoms with Crippen LogP contribution in [0.5, 0.6) is 0 Å². The minimum Gasteiger partial charge on any atom is -0.462 e. The van der Waals surface area contributed by atoms with Gasteiger partial charge in [0, 0.05) is 19.3 Å². The van der Waals surface area contributed by atoms with Gasteiger partial charge in [0.1, 0.15) is 13.2 Å². The van der Waals surface area contributed by atoms with Crippen LogP contribution in [-0.4, -0.2) is 37.2 Å². The molecule has 0 saturated carbocycles. The van der Waals surface area contributed by atoms with Crippen LogP contribution in [0, 0.1) is 0 Å². The molecule has 0 aromatic heterocycles. The monoisotopic (exact) mass is 861 g/mol. The van der Waals surface area contributed by atoms with E-state index in [0.717, 1.165) is 64.2 Å². The molecular weight excluding hydrogens is 757 g/mol. The number of esters is 3. The normalized spacial score (nSPS) is 12.0. The molecule has 0 aromatic rings. The van der Waals surface area contributed by atoms with Gasteiger partial charge in [0.25, 0.3) is 0 Å². The molecule has 6 heteroatoms. The highest BCUT2D eigenvalue weighted by atomic mass is 16.6. The van der Waals surface area contributed by atoms with E-state index in [1.54, 1.807) is 0 Å². The van der Waals surface area contributed by atoms with Crippen LogP contribution in [0.2, 0.25) is 0 Å². The fourth-order valence-corrected chi connectivity index (χ4v) is 8.14. The Kier molecular flexibility index (Phi) is 49.3. The van der Waals surface area contributed by atoms with E-state index < -0.39 is 6.10 Å². The van der Waals surface area contributed by atoms with Crippen LogP contribution in [0.4, 0.5) is 0 Å². The molecule has 0 bridgehead atoms. The van der Waals surface area contributed by atoms with Gasteiger partial charge in [-0.05, 0) is 44.9 Å². The average molecular weight is 861 g/mol. The zero-order chi connectivity index (χ0) is 44.4. The van der Waals surface area contributed by atoms with Crippen molar-refractivity contribution in [1.29, 1.82) is 0 Å². The Morgan fingerprint density at radius 2 is 0.541 bits per heavy atom. The van der Waals surface area contributed by atoms with Crippen molar-refractivity contribution in [2.45, 2.75) is 309 Å². The first-order valence-corrected chi connectivity index (χ1v) is 27.2. The number of unbranched alkanes of at least 4 members (excludes halogenated alkanes) is 37. The van der Waals surface area contributed by atoms with Gasteiger partial charge in [0.2, 0.25) is 0 Å². The highest BCUT2D eigenvalue weighted by Gasteiger charge is 2.19. The minimum atomic E-state index is -0.766. The average Bonchev–Trinajstić information content (AvgIpc) is 3.26. The third kappa shape index (κ3) is 49.0. The molecule has 0 spiro atoms. The van der Waals surface area contributed by atoms with Crippen molar-refractivity contribution in [3.8, 4) is 0 Å². The van der Waals surface area contributed by atoms with Gasteiger partial charge in [-0.2, -0.15) is 0 Å². The molecule has 0 aliphatic heterocycles. The molecule has 0 amide bonds. The van der Waals surface area contributed by atoms with Gasteiger partial charge < -0.3 is 14.2 Å². The van der Waals surface area contributed by atoms with E-state index in [0.29, 0.717) is 19.3 Å². The van der Waals surface area contributed by atoms with Crippen LogP contribution in [0.15, 0.2) is 12.2 Å². The lowest BCUT2D eigenvalue weighted by molar-refractivity contribution is -0.167. The molecule has 0 rings (SSSR count). The third-order valence-corrected chi connectivity index (χ3v) is 12.3. The number of ether oxygens (including phenoxy) is 3. The second-order valence-electron chi connectivity index (χ2n) is 18.5. The molecule has 6 nitrogen and oxygen atoms in total. The minimum absolute atomic E-state index is 0.0688. The first-order chi connectivity index (χ1) is 30.0. The molecule has 1 unspecified atom stereocenters. The van der Waals surface area contributed by atoms with Gasteiger partial charge >= 0.3 is 17.9 Å². The number of rotatable bonds is 50. The van der Waals surface area contributed by atoms with Crippen LogP contribution in [0.1, 0.15) is 303 Å². The molecule has 1 atom stereocenters. The van der Waals surface area contributed by atoms with Gasteiger partial charge in [-0.25, -0.2) is 0 Å². The Balaban J connectivity index is 4.06. The summed E-state index contributed by atoms with van der Waals surface area (Å²) in [4.78, 5) is 37.8. The predicted molar refractivity (Wildman–Crippen MR) is 261 cm³/mol. The molecule has 0 saturated heterocycles. The zero-order valence-electron chi connectivity index (χ0n) is 41.2. The summed E-state index contributed by atoms with van der Waals surface area (Å²) in [5.74, 6) is -0.869. The van der Waals surface area contributed by atoms with Gasteiger partial charge in [-0.15, -0.1) is 0 Å². The highest BCUT2D eigenvalue weighted by Crippen LogP contribution is 2.17. The number of hydrogen-bond donors (Lipinski definition) is 0. The molecule has 0 aliphatic rings. The lowest BCUT2D eigenvalue weighted by atomic mass is 10.0. The maximum atomic E-state index is 12.7. The van der Waals surface area contributed by atoms with Gasteiger partial charge in [-0.3, -0.25) is 14.4 Å². The topological polar surface area (TPSA) is 78.9 Å². The second kappa shape index (κ2) is 50.8. The van der Waals surface area contributed by atoms with Gasteiger partial charge in [-0.1, -0.05) is 251 Å². The summed E-state index contributed by atoms with van der Waals surface area (Å²) in [6.07, 6.45) is 56.6. The van der Waals surface area contributed by atoms with Crippen molar-refractivity contribution in [1.82, 2.24) is 0 Å². The maximum absolute atomic E-state index is 12.7. The number of hydrogen-bond acceptors (Lipinski definition) is 6. The summed E-state index contributed by atoms with van der Waals surface area (Å²) in [6.45, 7) is 6.60. The van der Waals surface area contributed by atoms with Crippen molar-refractivity contribution in [3.05, 3.63) is 12.2 Å². The molecule has 0 aliphatic carbocycles. The largest absolute Gasteiger partial charge is 0.462 e. The van der Waals surface area contributed by atoms with Crippen molar-refractivity contribution >= 4 is 17.9 Å². The van der Waals surface area contributed by atoms with Crippen molar-refractivity contribution in [2.24, 2.45) is 0 Å². The quantitative estimate of drug-likeness (QED) is 0.0262. The SMILES string of the molecule is CCCCC/C=C\CCCCCCCC(=O)OC(COC(=O)CCCCCCCCC)COC(=O)CCCCCCCCCCCCCCCCCCCCCCCCCC. The molecule has 0 N–H and O–H groups in total. The van der Waals surface area contributed by atoms with Crippen molar-refractivity contribution < 1.29 is 28.6 Å². The summed E-state index contributed by atoms with van der Waals surface area (Å²) in [5.41, 5.74) is 0. The van der Waals surface area contributed by atoms with E-state index in [4.69, 9.17) is 14.2 Å². The van der Waals surface area contributed by atoms with Crippen LogP contribution >= 0.6 is 0 Å². The van der Waals surface area contributed by atoms with E-state index in [1.165, 1.54) is 199 Å². The third-order valence-electron chi connectivity index (χ3n) is 12.3. The lowest BCUT2D eigenvalue weighted by Gasteiger charge is -2.18. The van der Waals surface area contributed by atoms with Crippen LogP contribution in [0.3, 0.4) is 0 Å². The van der Waals surface area contributed by atoms with Gasteiger partial charge in [0.15, 0.2) is 6.10 Å². The molecular formula is C55H104O6. The molecule has 0 radical (unpaired) electrons. The summed E-state index contributed by atoms with van der Waals surface area (Å²) in [5, 5.41) is 0. The molecule has 61 heavy (non-hydrogen) atoms. The number of carbonyl (C=O) groups excluding carboxylic acids is 3. The summed E-state index contributed by atoms with van der Waals surface area (Å²) in [6, 6.07) is 0. The van der Waals surface area contributed by atoms with E-state index in [9.17, 15) is 14.4 Å². The Bertz CT molecular complexity index is 947. The number of allylic oxidation sites excluding steroid dienone is 2. The Morgan fingerprint density at radius 1 is 0.311 bits per heavy atom. The Morgan fingerprint density at radius 3 is 0.852 bits per heavy atom. The fourth-order valence-electron chi connectivity index (χ4n) is 8.14. The maximum Gasteiger partial charge on any atom is 0.306 e. The molecule has 360 valence electrons. The van der Waals surface area contributed by atoms with Crippen LogP contribution < -0.4 is 0 Å². The van der Waals surface area contributed by atoms with E-state index in [2.05, 4.69) is 32.9 Å². The zero-order valence-corrected chi connectivity index (χ0v) is 41.2. The summed E-state index contributed by atoms with van der Waals surface area (Å²) >= 11 is 0. The highest BCUT2D eigenvalue weighted by molar-refractivity contribution is 5.71. The molecule has 0 aromatic carbocycles. The first-order valence-electron chi connectivity index (χ1n) is 27.2. The predicted octanol–water partition coefficient (Wildman–Crippen LogP) is 17.8. The van der Waals surface area contributed by atoms with Crippen LogP contribution in [-0.2, 0) is 28.6 Å². The molecule has 0 heterocycles. The summed E-state index contributed by atoms with van der Waals surface area (Å²) < 4.78 is 16.7. The van der Waals surface area contributed by atoms with Crippen molar-refractivity contribution in [2.75, 3.05) is 13.2 Å². The summed E-state index contributed by atoms with van der Waals surface area (Å²) in [7, 11) is 0. The van der Waals surface area contributed by atoms with E-state index >= 15 is 0 Å². The van der Waals surface area contributed by atoms with Crippen molar-refractivity contribution in [3.63, 3.8) is 0 Å². The Hall–Kier alpha value is -1.85. The van der Waals surface area contributed by atoms with E-state index in [-0.39, 0.29) is 31.1 Å².